The van der Waals surface area contributed by atoms with Crippen LogP contribution in [0.5, 0.6) is 11.6 Å². The van der Waals surface area contributed by atoms with Crippen molar-refractivity contribution in [3.63, 3.8) is 0 Å². The predicted octanol–water partition coefficient (Wildman–Crippen LogP) is 3.40. The molecular weight excluding hydrogens is 345 g/mol. The molecule has 0 atom stereocenters. The number of amides is 1. The lowest BCUT2D eigenvalue weighted by Crippen LogP contribution is -2.22. The molecule has 2 N–H and O–H groups in total. The minimum absolute atomic E-state index is 0.241. The molecule has 1 aromatic carbocycles. The molecule has 0 bridgehead atoms. The molecule has 0 aliphatic rings. The second kappa shape index (κ2) is 6.42. The first kappa shape index (κ1) is 18.2. The van der Waals surface area contributed by atoms with E-state index in [0.717, 1.165) is 16.8 Å². The Hall–Kier alpha value is -3.11. The van der Waals surface area contributed by atoms with Crippen LogP contribution in [0, 0.1) is 17.0 Å². The van der Waals surface area contributed by atoms with Gasteiger partial charge in [-0.25, -0.2) is 4.79 Å². The normalized spacial score (nSPS) is 11.4. The average molecular weight is 358 g/mol. The Morgan fingerprint density at radius 1 is 1.44 bits per heavy atom. The van der Waals surface area contributed by atoms with E-state index >= 15 is 0 Å². The zero-order chi connectivity index (χ0) is 18.9. The highest BCUT2D eigenvalue weighted by atomic mass is 19.4. The average Bonchev–Trinajstić information content (AvgIpc) is 2.82. The molecule has 0 radical (unpaired) electrons. The van der Waals surface area contributed by atoms with E-state index in [1.54, 1.807) is 6.92 Å². The number of aromatic nitrogens is 2. The van der Waals surface area contributed by atoms with Crippen molar-refractivity contribution >= 4 is 11.7 Å². The zero-order valence-corrected chi connectivity index (χ0v) is 13.1. The van der Waals surface area contributed by atoms with Crippen LogP contribution in [0.2, 0.25) is 0 Å². The molecule has 2 rings (SSSR count). The number of hydrogen-bond acceptors (Lipinski definition) is 5. The summed E-state index contributed by atoms with van der Waals surface area (Å²) in [5, 5.41) is 14.5. The lowest BCUT2D eigenvalue weighted by molar-refractivity contribution is -0.385. The zero-order valence-electron chi connectivity index (χ0n) is 13.1. The Morgan fingerprint density at radius 2 is 2.08 bits per heavy atom. The minimum Gasteiger partial charge on any atom is -0.437 e. The summed E-state index contributed by atoms with van der Waals surface area (Å²) < 4.78 is 45.5. The van der Waals surface area contributed by atoms with E-state index in [9.17, 15) is 28.1 Å². The molecule has 0 aliphatic heterocycles. The van der Waals surface area contributed by atoms with Crippen molar-refractivity contribution in [3.05, 3.63) is 45.1 Å². The highest BCUT2D eigenvalue weighted by Crippen LogP contribution is 2.40. The summed E-state index contributed by atoms with van der Waals surface area (Å²) in [5.41, 5.74) is 3.84. The van der Waals surface area contributed by atoms with E-state index in [1.807, 2.05) is 0 Å². The molecule has 1 aromatic heterocycles. The number of halogens is 3. The largest absolute Gasteiger partial charge is 0.437 e. The smallest absolute Gasteiger partial charge is 0.420 e. The number of nitro benzene ring substituents is 1. The molecule has 0 saturated carbocycles. The summed E-state index contributed by atoms with van der Waals surface area (Å²) in [4.78, 5) is 21.1. The number of ether oxygens (including phenoxy) is 1. The second-order valence-corrected chi connectivity index (χ2v) is 5.02. The highest BCUT2D eigenvalue weighted by Gasteiger charge is 2.36. The van der Waals surface area contributed by atoms with Crippen molar-refractivity contribution in [1.29, 1.82) is 0 Å². The number of nitrogens with zero attached hydrogens (tertiary/aromatic N) is 3. The van der Waals surface area contributed by atoms with Gasteiger partial charge in [-0.2, -0.15) is 17.9 Å². The van der Waals surface area contributed by atoms with Crippen LogP contribution in [-0.4, -0.2) is 20.7 Å². The SMILES string of the molecule is CCc1c(C)c(Oc2ccc([N+](=O)[O-])cc2C(F)(F)F)nn1C(N)=O. The van der Waals surface area contributed by atoms with Gasteiger partial charge in [0.15, 0.2) is 0 Å². The third-order valence-corrected chi connectivity index (χ3v) is 3.43. The number of benzene rings is 1. The molecule has 1 heterocycles. The van der Waals surface area contributed by atoms with Crippen molar-refractivity contribution in [2.45, 2.75) is 26.4 Å². The molecule has 8 nitrogen and oxygen atoms in total. The van der Waals surface area contributed by atoms with Crippen LogP contribution >= 0.6 is 0 Å². The van der Waals surface area contributed by atoms with Crippen LogP contribution in [0.4, 0.5) is 23.7 Å². The van der Waals surface area contributed by atoms with E-state index in [2.05, 4.69) is 5.10 Å². The lowest BCUT2D eigenvalue weighted by Gasteiger charge is -2.12. The van der Waals surface area contributed by atoms with Gasteiger partial charge in [0.25, 0.3) is 5.69 Å². The summed E-state index contributed by atoms with van der Waals surface area (Å²) in [7, 11) is 0. The lowest BCUT2D eigenvalue weighted by atomic mass is 10.1. The predicted molar refractivity (Wildman–Crippen MR) is 79.5 cm³/mol. The van der Waals surface area contributed by atoms with Crippen LogP contribution in [0.25, 0.3) is 0 Å². The van der Waals surface area contributed by atoms with Gasteiger partial charge >= 0.3 is 12.2 Å². The van der Waals surface area contributed by atoms with E-state index in [1.165, 1.54) is 6.92 Å². The molecule has 1 amide bonds. The number of rotatable bonds is 4. The summed E-state index contributed by atoms with van der Waals surface area (Å²) >= 11 is 0. The maximum Gasteiger partial charge on any atom is 0.420 e. The van der Waals surface area contributed by atoms with Crippen LogP contribution < -0.4 is 10.5 Å². The first-order chi connectivity index (χ1) is 11.6. The molecule has 0 unspecified atom stereocenters. The summed E-state index contributed by atoms with van der Waals surface area (Å²) in [6.45, 7) is 3.22. The minimum atomic E-state index is -4.88. The quantitative estimate of drug-likeness (QED) is 0.665. The van der Waals surface area contributed by atoms with Crippen molar-refractivity contribution in [2.24, 2.45) is 5.73 Å². The number of carbonyl (C=O) groups excluding carboxylic acids is 1. The standard InChI is InChI=1S/C14H13F3N4O4/c1-3-10-7(2)12(19-20(10)13(18)22)25-11-5-4-8(21(23)24)6-9(11)14(15,16)17/h4-6H,3H2,1-2H3,(H2,18,22). The van der Waals surface area contributed by atoms with E-state index in [0.29, 0.717) is 23.7 Å². The first-order valence-corrected chi connectivity index (χ1v) is 6.98. The molecule has 11 heteroatoms. The van der Waals surface area contributed by atoms with Crippen molar-refractivity contribution < 1.29 is 27.6 Å². The monoisotopic (exact) mass is 358 g/mol. The summed E-state index contributed by atoms with van der Waals surface area (Å²) in [5.74, 6) is -0.909. The van der Waals surface area contributed by atoms with Crippen molar-refractivity contribution in [1.82, 2.24) is 9.78 Å². The second-order valence-electron chi connectivity index (χ2n) is 5.02. The fourth-order valence-electron chi connectivity index (χ4n) is 2.25. The van der Waals surface area contributed by atoms with Crippen LogP contribution in [0.3, 0.4) is 0 Å². The van der Waals surface area contributed by atoms with Gasteiger partial charge in [0.2, 0.25) is 5.88 Å². The van der Waals surface area contributed by atoms with Gasteiger partial charge in [-0.1, -0.05) is 6.92 Å². The van der Waals surface area contributed by atoms with E-state index in [-0.39, 0.29) is 5.88 Å². The van der Waals surface area contributed by atoms with Crippen LogP contribution in [-0.2, 0) is 12.6 Å². The summed E-state index contributed by atoms with van der Waals surface area (Å²) in [6.07, 6.45) is -4.54. The fourth-order valence-corrected chi connectivity index (χ4v) is 2.25. The Balaban J connectivity index is 2.54. The van der Waals surface area contributed by atoms with Gasteiger partial charge in [0.1, 0.15) is 11.3 Å². The Kier molecular flexibility index (Phi) is 4.68. The molecule has 0 fully saturated rings. The molecule has 0 aliphatic carbocycles. The number of alkyl halides is 3. The molecule has 2 aromatic rings. The van der Waals surface area contributed by atoms with Gasteiger partial charge < -0.3 is 10.5 Å². The topological polar surface area (TPSA) is 113 Å². The van der Waals surface area contributed by atoms with Crippen molar-refractivity contribution in [3.8, 4) is 11.6 Å². The maximum atomic E-state index is 13.2. The van der Waals surface area contributed by atoms with E-state index in [4.69, 9.17) is 10.5 Å². The van der Waals surface area contributed by atoms with Gasteiger partial charge in [-0.05, 0) is 19.4 Å². The number of nitrogens with two attached hydrogens (primary N) is 1. The fraction of sp³-hybridized carbons (Fsp3) is 0.286. The Labute approximate surface area is 139 Å². The van der Waals surface area contributed by atoms with Crippen molar-refractivity contribution in [2.75, 3.05) is 0 Å². The number of non-ortho nitro benzene ring substituents is 1. The Bertz CT molecular complexity index is 845. The molecule has 25 heavy (non-hydrogen) atoms. The number of primary amides is 1. The van der Waals surface area contributed by atoms with Gasteiger partial charge in [0, 0.05) is 17.7 Å². The summed E-state index contributed by atoms with van der Waals surface area (Å²) in [6, 6.07) is 1.17. The number of hydrogen-bond donors (Lipinski definition) is 1. The van der Waals surface area contributed by atoms with E-state index < -0.39 is 34.1 Å². The molecule has 134 valence electrons. The molecule has 0 saturated heterocycles. The van der Waals surface area contributed by atoms with Crippen LogP contribution in [0.1, 0.15) is 23.7 Å². The number of nitro groups is 1. The Morgan fingerprint density at radius 3 is 2.52 bits per heavy atom. The van der Waals surface area contributed by atoms with Gasteiger partial charge in [0.05, 0.1) is 10.6 Å². The maximum absolute atomic E-state index is 13.2. The van der Waals surface area contributed by atoms with Gasteiger partial charge in [-0.3, -0.25) is 10.1 Å². The highest BCUT2D eigenvalue weighted by molar-refractivity contribution is 5.75. The third kappa shape index (κ3) is 3.54. The molecule has 0 spiro atoms. The molecular formula is C14H13F3N4O4. The third-order valence-electron chi connectivity index (χ3n) is 3.43. The van der Waals surface area contributed by atoms with Gasteiger partial charge in [-0.15, -0.1) is 5.10 Å². The first-order valence-electron chi connectivity index (χ1n) is 6.98. The van der Waals surface area contributed by atoms with Crippen LogP contribution in [0.15, 0.2) is 18.2 Å². The number of carbonyl (C=O) groups is 1.